The van der Waals surface area contributed by atoms with Gasteiger partial charge in [-0.25, -0.2) is 0 Å². The summed E-state index contributed by atoms with van der Waals surface area (Å²) in [6.45, 7) is 14.2. The predicted octanol–water partition coefficient (Wildman–Crippen LogP) is 7.44. The van der Waals surface area contributed by atoms with E-state index in [4.69, 9.17) is 0 Å². The first-order chi connectivity index (χ1) is 12.0. The number of fused-ring (bicyclic) bond motifs is 1. The zero-order valence-corrected chi connectivity index (χ0v) is 16.1. The molecule has 1 aromatic rings. The Bertz CT molecular complexity index is 848. The van der Waals surface area contributed by atoms with Crippen molar-refractivity contribution in [2.24, 2.45) is 0 Å². The Hall–Kier alpha value is -2.60. The fourth-order valence-electron chi connectivity index (χ4n) is 3.16. The van der Waals surface area contributed by atoms with Crippen molar-refractivity contribution >= 4 is 0 Å². The highest BCUT2D eigenvalue weighted by Crippen LogP contribution is 2.36. The summed E-state index contributed by atoms with van der Waals surface area (Å²) in [6, 6.07) is 17.9. The highest BCUT2D eigenvalue weighted by atomic mass is 14.2. The van der Waals surface area contributed by atoms with Gasteiger partial charge < -0.3 is 0 Å². The van der Waals surface area contributed by atoms with Gasteiger partial charge in [-0.2, -0.15) is 0 Å². The first kappa shape index (κ1) is 18.7. The molecule has 0 atom stereocenters. The van der Waals surface area contributed by atoms with Crippen LogP contribution < -0.4 is 0 Å². The summed E-state index contributed by atoms with van der Waals surface area (Å²) in [6.07, 6.45) is 5.58. The molecule has 0 heterocycles. The third kappa shape index (κ3) is 4.48. The van der Waals surface area contributed by atoms with E-state index < -0.39 is 0 Å². The number of hydrogen-bond donors (Lipinski definition) is 0. The molecular weight excluding hydrogens is 300 g/mol. The number of rotatable bonds is 2. The second-order valence-electron chi connectivity index (χ2n) is 6.54. The molecule has 2 aliphatic rings. The van der Waals surface area contributed by atoms with Gasteiger partial charge >= 0.3 is 0 Å². The van der Waals surface area contributed by atoms with Gasteiger partial charge in [0.1, 0.15) is 0 Å². The predicted molar refractivity (Wildman–Crippen MR) is 112 cm³/mol. The average Bonchev–Trinajstić information content (AvgIpc) is 2.76. The van der Waals surface area contributed by atoms with Crippen molar-refractivity contribution in [1.29, 1.82) is 0 Å². The number of hydrogen-bond acceptors (Lipinski definition) is 0. The minimum absolute atomic E-state index is 1.28. The number of benzene rings is 1. The molecule has 0 N–H and O–H groups in total. The van der Waals surface area contributed by atoms with Crippen molar-refractivity contribution in [2.45, 2.75) is 34.6 Å². The molecule has 2 aliphatic carbocycles. The first-order valence-electron chi connectivity index (χ1n) is 8.79. The Labute approximate surface area is 152 Å². The first-order valence-corrected chi connectivity index (χ1v) is 8.79. The van der Waals surface area contributed by atoms with Crippen molar-refractivity contribution in [3.8, 4) is 22.3 Å². The Kier molecular flexibility index (Phi) is 6.36. The highest BCUT2D eigenvalue weighted by Gasteiger charge is 2.13. The molecule has 3 rings (SSSR count). The smallest absolute Gasteiger partial charge is 0.0122 e. The molecule has 0 fully saturated rings. The second-order valence-corrected chi connectivity index (χ2v) is 6.54. The standard InChI is InChI=1S/C20H20.C5H8/c1-13-5-8-17(9-6-13)18-10-7-14(2)20-16(4)11-15(3)19(20)12-18;1-3-5-4-2/h5-12H,1-4H3;3-5H,1H2,2H3/b;5-4-. The van der Waals surface area contributed by atoms with Crippen molar-refractivity contribution in [2.75, 3.05) is 0 Å². The van der Waals surface area contributed by atoms with Gasteiger partial charge in [0.2, 0.25) is 0 Å². The average molecular weight is 328 g/mol. The zero-order valence-electron chi connectivity index (χ0n) is 16.1. The van der Waals surface area contributed by atoms with E-state index in [1.807, 2.05) is 19.1 Å². The summed E-state index contributed by atoms with van der Waals surface area (Å²) in [5, 5.41) is 0. The van der Waals surface area contributed by atoms with Crippen molar-refractivity contribution < 1.29 is 0 Å². The van der Waals surface area contributed by atoms with E-state index in [0.717, 1.165) is 0 Å². The molecule has 25 heavy (non-hydrogen) atoms. The normalized spacial score (nSPS) is 10.6. The van der Waals surface area contributed by atoms with E-state index in [9.17, 15) is 0 Å². The van der Waals surface area contributed by atoms with E-state index in [1.54, 1.807) is 6.08 Å². The Morgan fingerprint density at radius 2 is 1.36 bits per heavy atom. The van der Waals surface area contributed by atoms with Crippen LogP contribution in [0.15, 0.2) is 73.3 Å². The third-order valence-electron chi connectivity index (χ3n) is 4.44. The SMILES string of the molecule is C=C/C=C\C.Cc1ccc(-c2ccc(C)c3c(C)cc(C)c-3c2)cc1. The lowest BCUT2D eigenvalue weighted by Crippen LogP contribution is -1.79. The van der Waals surface area contributed by atoms with Gasteiger partial charge in [-0.05, 0) is 79.6 Å². The van der Waals surface area contributed by atoms with Crippen LogP contribution in [0.25, 0.3) is 22.3 Å². The number of allylic oxidation sites excluding steroid dienone is 3. The molecule has 0 spiro atoms. The Balaban J connectivity index is 0.000000399. The minimum Gasteiger partial charge on any atom is -0.0991 e. The molecule has 0 nitrogen and oxygen atoms in total. The molecule has 128 valence electrons. The third-order valence-corrected chi connectivity index (χ3v) is 4.44. The largest absolute Gasteiger partial charge is 0.0991 e. The van der Waals surface area contributed by atoms with Gasteiger partial charge in [0.25, 0.3) is 0 Å². The van der Waals surface area contributed by atoms with E-state index in [0.29, 0.717) is 0 Å². The molecule has 0 unspecified atom stereocenters. The van der Waals surface area contributed by atoms with Gasteiger partial charge in [0.15, 0.2) is 0 Å². The van der Waals surface area contributed by atoms with Gasteiger partial charge in [-0.3, -0.25) is 0 Å². The van der Waals surface area contributed by atoms with Crippen molar-refractivity contribution in [3.63, 3.8) is 0 Å². The van der Waals surface area contributed by atoms with E-state index in [-0.39, 0.29) is 0 Å². The maximum atomic E-state index is 3.46. The van der Waals surface area contributed by atoms with E-state index in [2.05, 4.69) is 82.8 Å². The van der Waals surface area contributed by atoms with Gasteiger partial charge in [-0.1, -0.05) is 72.8 Å². The molecule has 0 aliphatic heterocycles. The Morgan fingerprint density at radius 3 is 1.92 bits per heavy atom. The van der Waals surface area contributed by atoms with E-state index >= 15 is 0 Å². The monoisotopic (exact) mass is 328 g/mol. The molecule has 0 bridgehead atoms. The van der Waals surface area contributed by atoms with Crippen LogP contribution in [0.2, 0.25) is 0 Å². The molecule has 0 saturated carbocycles. The van der Waals surface area contributed by atoms with Crippen LogP contribution in [0.1, 0.15) is 29.2 Å². The van der Waals surface area contributed by atoms with Crippen LogP contribution in [0, 0.1) is 27.7 Å². The topological polar surface area (TPSA) is 0 Å². The van der Waals surface area contributed by atoms with Crippen LogP contribution in [-0.2, 0) is 0 Å². The molecule has 0 heteroatoms. The zero-order chi connectivity index (χ0) is 18.4. The fourth-order valence-corrected chi connectivity index (χ4v) is 3.16. The minimum atomic E-state index is 1.28. The lowest BCUT2D eigenvalue weighted by Gasteiger charge is -2.03. The molecule has 0 amide bonds. The molecule has 0 aromatic heterocycles. The van der Waals surface area contributed by atoms with E-state index in [1.165, 1.54) is 44.5 Å². The summed E-state index contributed by atoms with van der Waals surface area (Å²) in [5.41, 5.74) is 10.7. The lowest BCUT2D eigenvalue weighted by atomic mass is 10.0. The van der Waals surface area contributed by atoms with Gasteiger partial charge in [0.05, 0.1) is 0 Å². The summed E-state index contributed by atoms with van der Waals surface area (Å²) in [5.74, 6) is 0. The summed E-state index contributed by atoms with van der Waals surface area (Å²) in [4.78, 5) is 0. The van der Waals surface area contributed by atoms with Gasteiger partial charge in [0, 0.05) is 0 Å². The Morgan fingerprint density at radius 1 is 0.720 bits per heavy atom. The molecule has 0 saturated heterocycles. The van der Waals surface area contributed by atoms with Gasteiger partial charge in [-0.15, -0.1) is 0 Å². The maximum absolute atomic E-state index is 3.46. The fraction of sp³-hybridized carbons (Fsp3) is 0.200. The molecule has 0 radical (unpaired) electrons. The van der Waals surface area contributed by atoms with Crippen molar-refractivity contribution in [3.05, 3.63) is 95.6 Å². The molecule has 1 aromatic carbocycles. The van der Waals surface area contributed by atoms with Crippen LogP contribution in [0.5, 0.6) is 0 Å². The quantitative estimate of drug-likeness (QED) is 0.429. The highest BCUT2D eigenvalue weighted by molar-refractivity contribution is 5.81. The summed E-state index contributed by atoms with van der Waals surface area (Å²) < 4.78 is 0. The number of aryl methyl sites for hydroxylation is 4. The summed E-state index contributed by atoms with van der Waals surface area (Å²) >= 11 is 0. The van der Waals surface area contributed by atoms with Crippen molar-refractivity contribution in [1.82, 2.24) is 0 Å². The maximum Gasteiger partial charge on any atom is -0.0122 e. The van der Waals surface area contributed by atoms with Crippen LogP contribution in [-0.4, -0.2) is 0 Å². The van der Waals surface area contributed by atoms with Crippen LogP contribution in [0.4, 0.5) is 0 Å². The summed E-state index contributed by atoms with van der Waals surface area (Å²) in [7, 11) is 0. The van der Waals surface area contributed by atoms with Crippen LogP contribution >= 0.6 is 0 Å². The second kappa shape index (κ2) is 8.48. The van der Waals surface area contributed by atoms with Crippen LogP contribution in [0.3, 0.4) is 0 Å². The lowest BCUT2D eigenvalue weighted by molar-refractivity contribution is 1.45. The molecular formula is C25H28.